The summed E-state index contributed by atoms with van der Waals surface area (Å²) >= 11 is 0. The zero-order valence-electron chi connectivity index (χ0n) is 17.7. The first kappa shape index (κ1) is 23.6. The van der Waals surface area contributed by atoms with Gasteiger partial charge in [-0.1, -0.05) is 6.92 Å². The summed E-state index contributed by atoms with van der Waals surface area (Å²) in [5, 5.41) is 8.77. The van der Waals surface area contributed by atoms with Crippen LogP contribution in [0.3, 0.4) is 0 Å². The van der Waals surface area contributed by atoms with E-state index in [1.807, 2.05) is 13.0 Å². The maximum atomic E-state index is 14.5. The number of carbonyl (C=O) groups is 1. The number of hydrogen-bond donors (Lipinski definition) is 0. The first-order chi connectivity index (χ1) is 15.4. The standard InChI is InChI=1S/C24H24F3NO4/c1-2-11-30-17-7-5-16(6-8-17)14-31-23-20(25)12-19(21(26)22(23)27)24(29)32-18-9-3-15(13-28)4-10-18/h3-4,9-10,12,16-17H,2,5-8,11,14H2,1H3. The first-order valence-corrected chi connectivity index (χ1v) is 10.6. The molecule has 0 amide bonds. The van der Waals surface area contributed by atoms with E-state index < -0.39 is 34.7 Å². The van der Waals surface area contributed by atoms with Crippen molar-refractivity contribution in [2.45, 2.75) is 45.1 Å². The molecule has 1 aliphatic rings. The maximum absolute atomic E-state index is 14.5. The molecule has 0 atom stereocenters. The number of halogens is 3. The Balaban J connectivity index is 1.62. The molecule has 0 spiro atoms. The highest BCUT2D eigenvalue weighted by Crippen LogP contribution is 2.31. The van der Waals surface area contributed by atoms with Gasteiger partial charge in [-0.05, 0) is 68.4 Å². The van der Waals surface area contributed by atoms with Crippen molar-refractivity contribution >= 4 is 5.97 Å². The molecule has 0 aliphatic heterocycles. The third kappa shape index (κ3) is 5.80. The Morgan fingerprint density at radius 2 is 1.78 bits per heavy atom. The molecule has 0 aromatic heterocycles. The van der Waals surface area contributed by atoms with Crippen molar-refractivity contribution < 1.29 is 32.2 Å². The van der Waals surface area contributed by atoms with Crippen LogP contribution in [0.15, 0.2) is 30.3 Å². The Morgan fingerprint density at radius 3 is 2.41 bits per heavy atom. The predicted octanol–water partition coefficient (Wildman–Crippen LogP) is 5.56. The lowest BCUT2D eigenvalue weighted by atomic mass is 9.88. The second kappa shape index (κ2) is 11.0. The first-order valence-electron chi connectivity index (χ1n) is 10.6. The molecular formula is C24H24F3NO4. The summed E-state index contributed by atoms with van der Waals surface area (Å²) in [6, 6.07) is 7.88. The Morgan fingerprint density at radius 1 is 1.09 bits per heavy atom. The number of carbonyl (C=O) groups excluding carboxylic acids is 1. The van der Waals surface area contributed by atoms with E-state index in [-0.39, 0.29) is 24.4 Å². The van der Waals surface area contributed by atoms with Gasteiger partial charge in [-0.3, -0.25) is 0 Å². The molecule has 170 valence electrons. The Kier molecular flexibility index (Phi) is 8.12. The van der Waals surface area contributed by atoms with Crippen LogP contribution in [-0.2, 0) is 4.74 Å². The normalized spacial score (nSPS) is 18.1. The lowest BCUT2D eigenvalue weighted by Crippen LogP contribution is -2.25. The van der Waals surface area contributed by atoms with Crippen molar-refractivity contribution in [3.8, 4) is 17.6 Å². The second-order valence-electron chi connectivity index (χ2n) is 7.71. The Labute approximate surface area is 184 Å². The van der Waals surface area contributed by atoms with E-state index in [9.17, 15) is 18.0 Å². The molecule has 0 unspecified atom stereocenters. The topological polar surface area (TPSA) is 68.6 Å². The summed E-state index contributed by atoms with van der Waals surface area (Å²) in [5.74, 6) is -6.32. The molecule has 2 aromatic rings. The number of nitriles is 1. The van der Waals surface area contributed by atoms with Gasteiger partial charge in [0.05, 0.1) is 24.3 Å². The second-order valence-corrected chi connectivity index (χ2v) is 7.71. The van der Waals surface area contributed by atoms with Crippen molar-refractivity contribution in [3.05, 3.63) is 58.9 Å². The van der Waals surface area contributed by atoms with Crippen molar-refractivity contribution in [1.82, 2.24) is 0 Å². The fourth-order valence-corrected chi connectivity index (χ4v) is 3.57. The van der Waals surface area contributed by atoms with Crippen molar-refractivity contribution in [1.29, 1.82) is 5.26 Å². The fraction of sp³-hybridized carbons (Fsp3) is 0.417. The van der Waals surface area contributed by atoms with Crippen molar-refractivity contribution in [3.63, 3.8) is 0 Å². The van der Waals surface area contributed by atoms with Gasteiger partial charge in [0.15, 0.2) is 17.4 Å². The lowest BCUT2D eigenvalue weighted by Gasteiger charge is -2.28. The minimum absolute atomic E-state index is 0.00746. The highest BCUT2D eigenvalue weighted by molar-refractivity contribution is 5.91. The van der Waals surface area contributed by atoms with Gasteiger partial charge in [0.25, 0.3) is 0 Å². The summed E-state index contributed by atoms with van der Waals surface area (Å²) in [4.78, 5) is 12.2. The SMILES string of the molecule is CCCOC1CCC(COc2c(F)cc(C(=O)Oc3ccc(C#N)cc3)c(F)c2F)CC1. The number of ether oxygens (including phenoxy) is 3. The van der Waals surface area contributed by atoms with Crippen LogP contribution in [-0.4, -0.2) is 25.3 Å². The molecule has 0 radical (unpaired) electrons. The molecule has 0 bridgehead atoms. The molecule has 0 N–H and O–H groups in total. The van der Waals surface area contributed by atoms with Gasteiger partial charge in [-0.15, -0.1) is 0 Å². The van der Waals surface area contributed by atoms with Gasteiger partial charge in [0, 0.05) is 6.61 Å². The van der Waals surface area contributed by atoms with Crippen molar-refractivity contribution in [2.24, 2.45) is 5.92 Å². The molecule has 5 nitrogen and oxygen atoms in total. The third-order valence-corrected chi connectivity index (χ3v) is 5.35. The lowest BCUT2D eigenvalue weighted by molar-refractivity contribution is 0.0128. The number of rotatable bonds is 8. The number of esters is 1. The van der Waals surface area contributed by atoms with E-state index in [0.717, 1.165) is 32.1 Å². The monoisotopic (exact) mass is 447 g/mol. The van der Waals surface area contributed by atoms with Crippen LogP contribution in [0.25, 0.3) is 0 Å². The van der Waals surface area contributed by atoms with Gasteiger partial charge in [-0.2, -0.15) is 9.65 Å². The zero-order chi connectivity index (χ0) is 23.1. The average molecular weight is 447 g/mol. The highest BCUT2D eigenvalue weighted by atomic mass is 19.2. The number of hydrogen-bond acceptors (Lipinski definition) is 5. The molecule has 0 heterocycles. The number of nitrogens with zero attached hydrogens (tertiary/aromatic N) is 1. The Hall–Kier alpha value is -3.05. The van der Waals surface area contributed by atoms with E-state index in [1.165, 1.54) is 24.3 Å². The van der Waals surface area contributed by atoms with Gasteiger partial charge in [-0.25, -0.2) is 13.6 Å². The molecule has 3 rings (SSSR count). The van der Waals surface area contributed by atoms with Gasteiger partial charge in [0.1, 0.15) is 11.3 Å². The molecule has 1 saturated carbocycles. The van der Waals surface area contributed by atoms with Crippen LogP contribution in [0.2, 0.25) is 0 Å². The zero-order valence-corrected chi connectivity index (χ0v) is 17.7. The van der Waals surface area contributed by atoms with Gasteiger partial charge in [0.2, 0.25) is 5.82 Å². The average Bonchev–Trinajstić information content (AvgIpc) is 2.81. The van der Waals surface area contributed by atoms with E-state index >= 15 is 0 Å². The third-order valence-electron chi connectivity index (χ3n) is 5.35. The maximum Gasteiger partial charge on any atom is 0.346 e. The van der Waals surface area contributed by atoms with Crippen LogP contribution < -0.4 is 9.47 Å². The molecule has 8 heteroatoms. The Bertz CT molecular complexity index is 980. The number of benzene rings is 2. The predicted molar refractivity (Wildman–Crippen MR) is 110 cm³/mol. The van der Waals surface area contributed by atoms with Crippen LogP contribution >= 0.6 is 0 Å². The van der Waals surface area contributed by atoms with Crippen LogP contribution in [0.5, 0.6) is 11.5 Å². The summed E-state index contributed by atoms with van der Waals surface area (Å²) in [5.41, 5.74) is -0.554. The molecule has 2 aromatic carbocycles. The quantitative estimate of drug-likeness (QED) is 0.301. The molecule has 1 fully saturated rings. The van der Waals surface area contributed by atoms with E-state index in [0.29, 0.717) is 18.2 Å². The van der Waals surface area contributed by atoms with Crippen LogP contribution in [0, 0.1) is 34.7 Å². The van der Waals surface area contributed by atoms with Crippen molar-refractivity contribution in [2.75, 3.05) is 13.2 Å². The van der Waals surface area contributed by atoms with Crippen LogP contribution in [0.4, 0.5) is 13.2 Å². The fourth-order valence-electron chi connectivity index (χ4n) is 3.57. The summed E-state index contributed by atoms with van der Waals surface area (Å²) < 4.78 is 59.3. The highest BCUT2D eigenvalue weighted by Gasteiger charge is 2.27. The van der Waals surface area contributed by atoms with E-state index in [1.54, 1.807) is 0 Å². The minimum atomic E-state index is -1.57. The van der Waals surface area contributed by atoms with Gasteiger partial charge < -0.3 is 14.2 Å². The summed E-state index contributed by atoms with van der Waals surface area (Å²) in [6.45, 7) is 2.80. The molecule has 1 aliphatic carbocycles. The summed E-state index contributed by atoms with van der Waals surface area (Å²) in [7, 11) is 0. The molecule has 0 saturated heterocycles. The minimum Gasteiger partial charge on any atom is -0.487 e. The van der Waals surface area contributed by atoms with Crippen LogP contribution in [0.1, 0.15) is 54.9 Å². The van der Waals surface area contributed by atoms with E-state index in [2.05, 4.69) is 0 Å². The molecular weight excluding hydrogens is 423 g/mol. The smallest absolute Gasteiger partial charge is 0.346 e. The van der Waals surface area contributed by atoms with Gasteiger partial charge >= 0.3 is 5.97 Å². The molecule has 32 heavy (non-hydrogen) atoms. The largest absolute Gasteiger partial charge is 0.487 e. The van der Waals surface area contributed by atoms with E-state index in [4.69, 9.17) is 19.5 Å². The summed E-state index contributed by atoms with van der Waals surface area (Å²) in [6.07, 6.45) is 4.40.